The van der Waals surface area contributed by atoms with Gasteiger partial charge in [-0.15, -0.1) is 0 Å². The molecule has 1 aromatic carbocycles. The molecule has 100 valence electrons. The number of nitrogens with zero attached hydrogens (tertiary/aromatic N) is 2. The van der Waals surface area contributed by atoms with Crippen LogP contribution in [0.3, 0.4) is 0 Å². The molecular formula is C13H15N3O3. The Morgan fingerprint density at radius 3 is 3.11 bits per heavy atom. The van der Waals surface area contributed by atoms with Gasteiger partial charge in [-0.1, -0.05) is 12.1 Å². The van der Waals surface area contributed by atoms with E-state index in [1.165, 1.54) is 0 Å². The summed E-state index contributed by atoms with van der Waals surface area (Å²) in [7, 11) is 0. The highest BCUT2D eigenvalue weighted by atomic mass is 16.5. The third-order valence-electron chi connectivity index (χ3n) is 2.90. The van der Waals surface area contributed by atoms with E-state index in [9.17, 15) is 4.79 Å². The lowest BCUT2D eigenvalue weighted by atomic mass is 10.1. The lowest BCUT2D eigenvalue weighted by Gasteiger charge is -2.35. The lowest BCUT2D eigenvalue weighted by Crippen LogP contribution is -2.51. The van der Waals surface area contributed by atoms with E-state index in [0.717, 1.165) is 5.69 Å². The molecule has 1 amide bonds. The third-order valence-corrected chi connectivity index (χ3v) is 2.90. The summed E-state index contributed by atoms with van der Waals surface area (Å²) in [6, 6.07) is 9.46. The van der Waals surface area contributed by atoms with Crippen LogP contribution in [0.1, 0.15) is 5.56 Å². The molecule has 19 heavy (non-hydrogen) atoms. The van der Waals surface area contributed by atoms with Gasteiger partial charge in [-0.25, -0.2) is 0 Å². The van der Waals surface area contributed by atoms with Crippen LogP contribution in [0.15, 0.2) is 24.3 Å². The monoisotopic (exact) mass is 261 g/mol. The second-order valence-corrected chi connectivity index (χ2v) is 4.16. The summed E-state index contributed by atoms with van der Waals surface area (Å²) in [6.45, 7) is 0.999. The van der Waals surface area contributed by atoms with Crippen molar-refractivity contribution >= 4 is 11.6 Å². The topological polar surface area (TPSA) is 85.6 Å². The highest BCUT2D eigenvalue weighted by molar-refractivity contribution is 5.77. The molecule has 0 bridgehead atoms. The van der Waals surface area contributed by atoms with E-state index >= 15 is 0 Å². The Morgan fingerprint density at radius 2 is 2.37 bits per heavy atom. The summed E-state index contributed by atoms with van der Waals surface area (Å²) in [5, 5.41) is 20.4. The van der Waals surface area contributed by atoms with Gasteiger partial charge in [0.05, 0.1) is 24.4 Å². The van der Waals surface area contributed by atoms with Crippen LogP contribution < -0.4 is 10.2 Å². The molecule has 2 rings (SSSR count). The van der Waals surface area contributed by atoms with Crippen LogP contribution in [0.5, 0.6) is 0 Å². The molecule has 1 unspecified atom stereocenters. The standard InChI is InChI=1S/C13H15N3O3/c14-7-10-3-1-2-4-11(10)16-5-6-19-13(8-16)15-12(18)9-17/h1-4,13,17H,5-6,8-9H2,(H,15,18). The number of aliphatic hydroxyl groups excluding tert-OH is 1. The quantitative estimate of drug-likeness (QED) is 0.789. The summed E-state index contributed by atoms with van der Waals surface area (Å²) in [5.41, 5.74) is 1.42. The van der Waals surface area contributed by atoms with Crippen molar-refractivity contribution in [3.8, 4) is 6.07 Å². The number of benzene rings is 1. The Hall–Kier alpha value is -2.10. The number of morpholine rings is 1. The molecule has 1 atom stereocenters. The number of amides is 1. The molecule has 0 spiro atoms. The van der Waals surface area contributed by atoms with Gasteiger partial charge >= 0.3 is 0 Å². The molecule has 1 saturated heterocycles. The minimum absolute atomic E-state index is 0.449. The number of rotatable bonds is 3. The molecule has 0 aromatic heterocycles. The van der Waals surface area contributed by atoms with Crippen LogP contribution in [-0.2, 0) is 9.53 Å². The Morgan fingerprint density at radius 1 is 1.58 bits per heavy atom. The van der Waals surface area contributed by atoms with Crippen molar-refractivity contribution in [2.24, 2.45) is 0 Å². The summed E-state index contributed by atoms with van der Waals surface area (Å²) >= 11 is 0. The molecule has 1 aliphatic heterocycles. The van der Waals surface area contributed by atoms with Gasteiger partial charge in [0.1, 0.15) is 18.9 Å². The van der Waals surface area contributed by atoms with E-state index in [1.54, 1.807) is 6.07 Å². The first-order valence-corrected chi connectivity index (χ1v) is 6.00. The smallest absolute Gasteiger partial charge is 0.247 e. The number of hydrogen-bond donors (Lipinski definition) is 2. The third kappa shape index (κ3) is 3.22. The molecule has 1 heterocycles. The fourth-order valence-corrected chi connectivity index (χ4v) is 2.02. The SMILES string of the molecule is N#Cc1ccccc1N1CCOC(NC(=O)CO)C1. The first-order valence-electron chi connectivity index (χ1n) is 6.00. The van der Waals surface area contributed by atoms with Gasteiger partial charge in [-0.2, -0.15) is 5.26 Å². The highest BCUT2D eigenvalue weighted by Crippen LogP contribution is 2.21. The first-order chi connectivity index (χ1) is 9.24. The number of hydrogen-bond acceptors (Lipinski definition) is 5. The molecule has 0 radical (unpaired) electrons. The van der Waals surface area contributed by atoms with Gasteiger partial charge in [-0.3, -0.25) is 4.79 Å². The average Bonchev–Trinajstić information content (AvgIpc) is 2.47. The molecule has 1 aromatic rings. The van der Waals surface area contributed by atoms with Gasteiger partial charge in [0.15, 0.2) is 0 Å². The Labute approximate surface area is 111 Å². The van der Waals surface area contributed by atoms with Crippen molar-refractivity contribution in [1.29, 1.82) is 5.26 Å². The van der Waals surface area contributed by atoms with E-state index in [1.807, 2.05) is 23.1 Å². The van der Waals surface area contributed by atoms with Gasteiger partial charge < -0.3 is 20.1 Å². The fraction of sp³-hybridized carbons (Fsp3) is 0.385. The van der Waals surface area contributed by atoms with Crippen LogP contribution in [0, 0.1) is 11.3 Å². The van der Waals surface area contributed by atoms with Gasteiger partial charge in [0.2, 0.25) is 5.91 Å². The normalized spacial score (nSPS) is 18.7. The van der Waals surface area contributed by atoms with Gasteiger partial charge in [-0.05, 0) is 12.1 Å². The van der Waals surface area contributed by atoms with Crippen molar-refractivity contribution in [2.45, 2.75) is 6.23 Å². The second-order valence-electron chi connectivity index (χ2n) is 4.16. The zero-order valence-corrected chi connectivity index (χ0v) is 10.4. The van der Waals surface area contributed by atoms with Crippen LogP contribution in [0.25, 0.3) is 0 Å². The predicted octanol–water partition coefficient (Wildman–Crippen LogP) is -0.171. The Balaban J connectivity index is 2.09. The number of ether oxygens (including phenoxy) is 1. The van der Waals surface area contributed by atoms with Crippen LogP contribution in [0.4, 0.5) is 5.69 Å². The van der Waals surface area contributed by atoms with Gasteiger partial charge in [0.25, 0.3) is 0 Å². The summed E-state index contributed by atoms with van der Waals surface area (Å²) in [4.78, 5) is 13.1. The largest absolute Gasteiger partial charge is 0.387 e. The molecule has 1 aliphatic rings. The van der Waals surface area contributed by atoms with Crippen LogP contribution >= 0.6 is 0 Å². The van der Waals surface area contributed by atoms with E-state index in [-0.39, 0.29) is 0 Å². The number of carbonyl (C=O) groups is 1. The van der Waals surface area contributed by atoms with E-state index in [4.69, 9.17) is 15.1 Å². The minimum atomic E-state index is -0.561. The molecular weight excluding hydrogens is 246 g/mol. The first kappa shape index (κ1) is 13.3. The molecule has 2 N–H and O–H groups in total. The van der Waals surface area contributed by atoms with E-state index < -0.39 is 18.7 Å². The van der Waals surface area contributed by atoms with Crippen molar-refractivity contribution in [2.75, 3.05) is 31.2 Å². The van der Waals surface area contributed by atoms with Crippen molar-refractivity contribution in [3.63, 3.8) is 0 Å². The summed E-state index contributed by atoms with van der Waals surface area (Å²) < 4.78 is 5.41. The molecule has 1 fully saturated rings. The molecule has 6 nitrogen and oxygen atoms in total. The maximum atomic E-state index is 11.1. The molecule has 0 aliphatic carbocycles. The maximum absolute atomic E-state index is 11.1. The number of nitriles is 1. The fourth-order valence-electron chi connectivity index (χ4n) is 2.02. The zero-order chi connectivity index (χ0) is 13.7. The maximum Gasteiger partial charge on any atom is 0.247 e. The number of carbonyl (C=O) groups excluding carboxylic acids is 1. The number of nitrogens with one attached hydrogen (secondary N) is 1. The number of aliphatic hydroxyl groups is 1. The average molecular weight is 261 g/mol. The van der Waals surface area contributed by atoms with Crippen LogP contribution in [-0.4, -0.2) is 43.5 Å². The Kier molecular flexibility index (Phi) is 4.34. The summed E-state index contributed by atoms with van der Waals surface area (Å²) in [6.07, 6.45) is -0.472. The summed E-state index contributed by atoms with van der Waals surface area (Å²) in [5.74, 6) is -0.472. The van der Waals surface area contributed by atoms with Crippen LogP contribution in [0.2, 0.25) is 0 Å². The van der Waals surface area contributed by atoms with E-state index in [2.05, 4.69) is 11.4 Å². The Bertz CT molecular complexity index is 498. The molecule has 6 heteroatoms. The van der Waals surface area contributed by atoms with Crippen molar-refractivity contribution in [1.82, 2.24) is 5.32 Å². The second kappa shape index (κ2) is 6.18. The predicted molar refractivity (Wildman–Crippen MR) is 68.3 cm³/mol. The minimum Gasteiger partial charge on any atom is -0.387 e. The number of anilines is 1. The number of para-hydroxylation sites is 1. The van der Waals surface area contributed by atoms with Gasteiger partial charge in [0, 0.05) is 6.54 Å². The highest BCUT2D eigenvalue weighted by Gasteiger charge is 2.23. The van der Waals surface area contributed by atoms with Crippen molar-refractivity contribution < 1.29 is 14.6 Å². The van der Waals surface area contributed by atoms with E-state index in [0.29, 0.717) is 25.3 Å². The zero-order valence-electron chi connectivity index (χ0n) is 10.4. The molecule has 0 saturated carbocycles. The lowest BCUT2D eigenvalue weighted by molar-refractivity contribution is -0.128. The van der Waals surface area contributed by atoms with Crippen molar-refractivity contribution in [3.05, 3.63) is 29.8 Å².